The first-order valence-corrected chi connectivity index (χ1v) is 7.55. The molecule has 1 unspecified atom stereocenters. The highest BCUT2D eigenvalue weighted by Gasteiger charge is 2.31. The zero-order valence-corrected chi connectivity index (χ0v) is 12.8. The minimum absolute atomic E-state index is 0.00107. The van der Waals surface area contributed by atoms with Gasteiger partial charge in [0.15, 0.2) is 0 Å². The van der Waals surface area contributed by atoms with Gasteiger partial charge in [0.1, 0.15) is 12.4 Å². The third-order valence-corrected chi connectivity index (χ3v) is 3.52. The van der Waals surface area contributed by atoms with Crippen molar-refractivity contribution in [1.29, 1.82) is 0 Å². The van der Waals surface area contributed by atoms with Gasteiger partial charge in [-0.1, -0.05) is 6.92 Å². The first-order valence-electron chi connectivity index (χ1n) is 7.55. The van der Waals surface area contributed by atoms with Crippen molar-refractivity contribution < 1.29 is 9.47 Å². The zero-order chi connectivity index (χ0) is 14.4. The number of pyridine rings is 1. The van der Waals surface area contributed by atoms with Crippen LogP contribution in [0.3, 0.4) is 0 Å². The van der Waals surface area contributed by atoms with Gasteiger partial charge in [-0.05, 0) is 51.8 Å². The topological polar surface area (TPSA) is 43.4 Å². The molecule has 1 N–H and O–H groups in total. The van der Waals surface area contributed by atoms with Crippen molar-refractivity contribution in [3.63, 3.8) is 0 Å². The molecule has 1 aliphatic rings. The van der Waals surface area contributed by atoms with Crippen LogP contribution in [0.4, 0.5) is 0 Å². The van der Waals surface area contributed by atoms with Crippen molar-refractivity contribution in [2.75, 3.05) is 13.2 Å². The highest BCUT2D eigenvalue weighted by molar-refractivity contribution is 5.19. The minimum atomic E-state index is 0.00107. The van der Waals surface area contributed by atoms with Crippen LogP contribution in [-0.4, -0.2) is 29.8 Å². The molecule has 1 aromatic rings. The molecule has 20 heavy (non-hydrogen) atoms. The van der Waals surface area contributed by atoms with Crippen LogP contribution in [0, 0.1) is 0 Å². The maximum Gasteiger partial charge on any atom is 0.137 e. The lowest BCUT2D eigenvalue weighted by Gasteiger charge is -2.19. The lowest BCUT2D eigenvalue weighted by atomic mass is 10.1. The van der Waals surface area contributed by atoms with Gasteiger partial charge < -0.3 is 14.8 Å². The van der Waals surface area contributed by atoms with E-state index in [1.54, 1.807) is 6.20 Å². The van der Waals surface area contributed by atoms with Crippen molar-refractivity contribution in [3.05, 3.63) is 24.0 Å². The summed E-state index contributed by atoms with van der Waals surface area (Å²) in [5.74, 6) is 0.817. The molecule has 0 amide bonds. The zero-order valence-electron chi connectivity index (χ0n) is 12.8. The molecule has 0 saturated carbocycles. The van der Waals surface area contributed by atoms with Gasteiger partial charge in [0, 0.05) is 6.54 Å². The second kappa shape index (κ2) is 7.04. The summed E-state index contributed by atoms with van der Waals surface area (Å²) in [7, 11) is 0. The Morgan fingerprint density at radius 2 is 2.30 bits per heavy atom. The number of ether oxygens (including phenoxy) is 2. The third-order valence-electron chi connectivity index (χ3n) is 3.52. The number of nitrogens with zero attached hydrogens (tertiary/aromatic N) is 1. The Kier molecular flexibility index (Phi) is 5.38. The third kappa shape index (κ3) is 4.76. The Hall–Kier alpha value is -1.13. The van der Waals surface area contributed by atoms with Gasteiger partial charge in [0.05, 0.1) is 23.6 Å². The summed E-state index contributed by atoms with van der Waals surface area (Å²) in [4.78, 5) is 4.40. The molecule has 0 aromatic carbocycles. The quantitative estimate of drug-likeness (QED) is 0.779. The summed E-state index contributed by atoms with van der Waals surface area (Å²) in [5, 5.41) is 3.33. The maximum absolute atomic E-state index is 5.90. The predicted octanol–water partition coefficient (Wildman–Crippen LogP) is 2.92. The van der Waals surface area contributed by atoms with Crippen LogP contribution in [0.2, 0.25) is 0 Å². The maximum atomic E-state index is 5.90. The highest BCUT2D eigenvalue weighted by atomic mass is 16.6. The fraction of sp³-hybridized carbons (Fsp3) is 0.688. The standard InChI is InChI=1S/C16H26N2O2/c1-4-9-17-10-13-5-6-14(11-18-13)19-12-15-7-8-16(2,3)20-15/h5-6,11,15,17H,4,7-10,12H2,1-3H3. The van der Waals surface area contributed by atoms with E-state index >= 15 is 0 Å². The molecule has 1 saturated heterocycles. The Morgan fingerprint density at radius 1 is 1.45 bits per heavy atom. The summed E-state index contributed by atoms with van der Waals surface area (Å²) < 4.78 is 11.7. The molecule has 1 aromatic heterocycles. The van der Waals surface area contributed by atoms with Crippen LogP contribution in [0.25, 0.3) is 0 Å². The highest BCUT2D eigenvalue weighted by Crippen LogP contribution is 2.29. The van der Waals surface area contributed by atoms with Crippen molar-refractivity contribution >= 4 is 0 Å². The van der Waals surface area contributed by atoms with Gasteiger partial charge in [-0.15, -0.1) is 0 Å². The van der Waals surface area contributed by atoms with Gasteiger partial charge in [0.2, 0.25) is 0 Å². The number of aromatic nitrogens is 1. The number of nitrogens with one attached hydrogen (secondary N) is 1. The molecule has 1 atom stereocenters. The summed E-state index contributed by atoms with van der Waals surface area (Å²) in [5.41, 5.74) is 1.05. The van der Waals surface area contributed by atoms with Crippen LogP contribution in [-0.2, 0) is 11.3 Å². The normalized spacial score (nSPS) is 21.1. The van der Waals surface area contributed by atoms with E-state index in [9.17, 15) is 0 Å². The number of rotatable bonds is 7. The Morgan fingerprint density at radius 3 is 2.90 bits per heavy atom. The molecule has 1 aliphatic heterocycles. The molecule has 112 valence electrons. The second-order valence-corrected chi connectivity index (χ2v) is 6.01. The lowest BCUT2D eigenvalue weighted by Crippen LogP contribution is -2.23. The predicted molar refractivity (Wildman–Crippen MR) is 79.9 cm³/mol. The molecule has 0 aliphatic carbocycles. The molecule has 2 heterocycles. The van der Waals surface area contributed by atoms with Gasteiger partial charge >= 0.3 is 0 Å². The van der Waals surface area contributed by atoms with Gasteiger partial charge in [0.25, 0.3) is 0 Å². The Balaban J connectivity index is 1.74. The molecular weight excluding hydrogens is 252 g/mol. The summed E-state index contributed by atoms with van der Waals surface area (Å²) in [6.07, 6.45) is 5.30. The molecular formula is C16H26N2O2. The van der Waals surface area contributed by atoms with E-state index in [1.807, 2.05) is 12.1 Å². The van der Waals surface area contributed by atoms with Crippen molar-refractivity contribution in [2.24, 2.45) is 0 Å². The van der Waals surface area contributed by atoms with Crippen LogP contribution in [0.5, 0.6) is 5.75 Å². The summed E-state index contributed by atoms with van der Waals surface area (Å²) in [6, 6.07) is 3.99. The Labute approximate surface area is 121 Å². The van der Waals surface area contributed by atoms with Crippen LogP contribution < -0.4 is 10.1 Å². The van der Waals surface area contributed by atoms with E-state index in [-0.39, 0.29) is 11.7 Å². The lowest BCUT2D eigenvalue weighted by molar-refractivity contribution is -0.0327. The fourth-order valence-corrected chi connectivity index (χ4v) is 2.38. The van der Waals surface area contributed by atoms with E-state index < -0.39 is 0 Å². The molecule has 4 nitrogen and oxygen atoms in total. The SMILES string of the molecule is CCCNCc1ccc(OCC2CCC(C)(C)O2)cn1. The molecule has 0 bridgehead atoms. The largest absolute Gasteiger partial charge is 0.489 e. The fourth-order valence-electron chi connectivity index (χ4n) is 2.38. The van der Waals surface area contributed by atoms with Crippen LogP contribution >= 0.6 is 0 Å². The summed E-state index contributed by atoms with van der Waals surface area (Å²) in [6.45, 7) is 8.87. The van der Waals surface area contributed by atoms with Crippen LogP contribution in [0.15, 0.2) is 18.3 Å². The van der Waals surface area contributed by atoms with E-state index in [0.29, 0.717) is 6.61 Å². The minimum Gasteiger partial charge on any atom is -0.489 e. The average Bonchev–Trinajstić information content (AvgIpc) is 2.78. The van der Waals surface area contributed by atoms with Gasteiger partial charge in [-0.2, -0.15) is 0 Å². The molecule has 2 rings (SSSR count). The van der Waals surface area contributed by atoms with E-state index in [1.165, 1.54) is 0 Å². The van der Waals surface area contributed by atoms with Crippen LogP contribution in [0.1, 0.15) is 45.7 Å². The summed E-state index contributed by atoms with van der Waals surface area (Å²) >= 11 is 0. The molecule has 0 radical (unpaired) electrons. The number of hydrogen-bond acceptors (Lipinski definition) is 4. The smallest absolute Gasteiger partial charge is 0.137 e. The Bertz CT molecular complexity index is 403. The molecule has 1 fully saturated rings. The van der Waals surface area contributed by atoms with Crippen molar-refractivity contribution in [2.45, 2.75) is 58.3 Å². The van der Waals surface area contributed by atoms with Gasteiger partial charge in [-0.25, -0.2) is 0 Å². The first kappa shape index (κ1) is 15.3. The van der Waals surface area contributed by atoms with Crippen molar-refractivity contribution in [1.82, 2.24) is 10.3 Å². The van der Waals surface area contributed by atoms with E-state index in [4.69, 9.17) is 9.47 Å². The monoisotopic (exact) mass is 278 g/mol. The average molecular weight is 278 g/mol. The number of hydrogen-bond donors (Lipinski definition) is 1. The van der Waals surface area contributed by atoms with E-state index in [0.717, 1.165) is 43.8 Å². The first-order chi connectivity index (χ1) is 9.59. The molecule has 0 spiro atoms. The molecule has 4 heteroatoms. The second-order valence-electron chi connectivity index (χ2n) is 6.01. The van der Waals surface area contributed by atoms with E-state index in [2.05, 4.69) is 31.1 Å². The van der Waals surface area contributed by atoms with Gasteiger partial charge in [-0.3, -0.25) is 4.98 Å². The van der Waals surface area contributed by atoms with Crippen molar-refractivity contribution in [3.8, 4) is 5.75 Å².